The summed E-state index contributed by atoms with van der Waals surface area (Å²) in [5, 5.41) is 0.446. The largest absolute Gasteiger partial charge is 0.485 e. The highest BCUT2D eigenvalue weighted by Gasteiger charge is 2.33. The quantitative estimate of drug-likeness (QED) is 0.721. The Hall–Kier alpha value is -2.09. The molecule has 0 N–H and O–H groups in total. The minimum atomic E-state index is -0.165. The molecule has 0 saturated carbocycles. The summed E-state index contributed by atoms with van der Waals surface area (Å²) in [7, 11) is 3.00. The zero-order chi connectivity index (χ0) is 18.4. The van der Waals surface area contributed by atoms with Crippen LogP contribution in [-0.4, -0.2) is 65.9 Å². The molecule has 1 aromatic rings. The number of hydrogen-bond acceptors (Lipinski definition) is 6. The molecule has 1 aliphatic rings. The minimum absolute atomic E-state index is 0.00925. The Balaban J connectivity index is 2.19. The van der Waals surface area contributed by atoms with Crippen molar-refractivity contribution < 1.29 is 19.1 Å². The molecule has 2 rings (SSSR count). The molecule has 0 spiro atoms. The number of ether oxygens (including phenoxy) is 2. The van der Waals surface area contributed by atoms with E-state index >= 15 is 0 Å². The van der Waals surface area contributed by atoms with Gasteiger partial charge in [-0.2, -0.15) is 4.37 Å². The average Bonchev–Trinajstić information content (AvgIpc) is 3.05. The van der Waals surface area contributed by atoms with E-state index < -0.39 is 0 Å². The standard InChI is InChI=1S/C17H25N3O4S/c1-5-8-13(21)20(6-2)12-9-7-10-19(11-12)16(22)14-15(23-3)18-25-17(14)24-4/h5,8,12H,6-7,9-11H2,1-4H3/b8-5+. The highest BCUT2D eigenvalue weighted by molar-refractivity contribution is 7.08. The molecule has 138 valence electrons. The van der Waals surface area contributed by atoms with Gasteiger partial charge in [-0.15, -0.1) is 0 Å². The minimum Gasteiger partial charge on any atom is -0.485 e. The van der Waals surface area contributed by atoms with Crippen LogP contribution >= 0.6 is 11.5 Å². The van der Waals surface area contributed by atoms with E-state index in [-0.39, 0.29) is 23.7 Å². The monoisotopic (exact) mass is 367 g/mol. The number of likely N-dealkylation sites (N-methyl/N-ethyl adjacent to an activating group) is 1. The lowest BCUT2D eigenvalue weighted by atomic mass is 10.0. The van der Waals surface area contributed by atoms with Crippen molar-refractivity contribution >= 4 is 23.3 Å². The van der Waals surface area contributed by atoms with Crippen LogP contribution < -0.4 is 9.47 Å². The maximum atomic E-state index is 13.0. The summed E-state index contributed by atoms with van der Waals surface area (Å²) in [4.78, 5) is 28.8. The van der Waals surface area contributed by atoms with Crippen molar-refractivity contribution in [2.75, 3.05) is 33.9 Å². The highest BCUT2D eigenvalue weighted by Crippen LogP contribution is 2.34. The first kappa shape index (κ1) is 19.2. The molecule has 0 aromatic carbocycles. The second kappa shape index (κ2) is 8.84. The number of rotatable bonds is 6. The van der Waals surface area contributed by atoms with Crippen molar-refractivity contribution in [1.29, 1.82) is 0 Å². The number of amides is 2. The third-order valence-electron chi connectivity index (χ3n) is 4.28. The van der Waals surface area contributed by atoms with Crippen molar-refractivity contribution in [2.45, 2.75) is 32.7 Å². The van der Waals surface area contributed by atoms with Crippen molar-refractivity contribution in [1.82, 2.24) is 14.2 Å². The van der Waals surface area contributed by atoms with Crippen LogP contribution in [0.15, 0.2) is 12.2 Å². The number of nitrogens with zero attached hydrogens (tertiary/aromatic N) is 3. The maximum Gasteiger partial charge on any atom is 0.264 e. The Bertz CT molecular complexity index is 622. The Morgan fingerprint density at radius 1 is 1.40 bits per heavy atom. The molecular weight excluding hydrogens is 342 g/mol. The molecule has 1 aliphatic heterocycles. The fraction of sp³-hybridized carbons (Fsp3) is 0.588. The van der Waals surface area contributed by atoms with Crippen LogP contribution in [0.25, 0.3) is 0 Å². The Labute approximate surface area is 152 Å². The number of carbonyl (C=O) groups excluding carboxylic acids is 2. The van der Waals surface area contributed by atoms with E-state index in [4.69, 9.17) is 9.47 Å². The number of likely N-dealkylation sites (tertiary alicyclic amines) is 1. The second-order valence-electron chi connectivity index (χ2n) is 5.73. The van der Waals surface area contributed by atoms with Gasteiger partial charge < -0.3 is 19.3 Å². The topological polar surface area (TPSA) is 72.0 Å². The van der Waals surface area contributed by atoms with Gasteiger partial charge in [0.25, 0.3) is 5.91 Å². The highest BCUT2D eigenvalue weighted by atomic mass is 32.1. The molecule has 2 heterocycles. The third-order valence-corrected chi connectivity index (χ3v) is 5.07. The first-order valence-corrected chi connectivity index (χ1v) is 9.14. The SMILES string of the molecule is C/C=C/C(=O)N(CC)C1CCCN(C(=O)c2c(OC)nsc2OC)C1. The van der Waals surface area contributed by atoms with Gasteiger partial charge in [0.1, 0.15) is 0 Å². The van der Waals surface area contributed by atoms with Crippen LogP contribution in [0.2, 0.25) is 0 Å². The first-order chi connectivity index (χ1) is 12.1. The lowest BCUT2D eigenvalue weighted by Crippen LogP contribution is -2.51. The summed E-state index contributed by atoms with van der Waals surface area (Å²) in [5.41, 5.74) is 0.360. The molecular formula is C17H25N3O4S. The van der Waals surface area contributed by atoms with Gasteiger partial charge in [0.2, 0.25) is 16.9 Å². The normalized spacial score (nSPS) is 17.6. The summed E-state index contributed by atoms with van der Waals surface area (Å²) in [6, 6.07) is 0.00925. The smallest absolute Gasteiger partial charge is 0.264 e. The molecule has 1 fully saturated rings. The van der Waals surface area contributed by atoms with Gasteiger partial charge in [0.05, 0.1) is 14.2 Å². The maximum absolute atomic E-state index is 13.0. The number of piperidine rings is 1. The Kier molecular flexibility index (Phi) is 6.81. The number of hydrogen-bond donors (Lipinski definition) is 0. The summed E-state index contributed by atoms with van der Waals surface area (Å²) < 4.78 is 14.6. The van der Waals surface area contributed by atoms with Crippen molar-refractivity contribution in [2.24, 2.45) is 0 Å². The first-order valence-electron chi connectivity index (χ1n) is 8.37. The van der Waals surface area contributed by atoms with Crippen LogP contribution in [0, 0.1) is 0 Å². The number of allylic oxidation sites excluding steroid dienone is 1. The van der Waals surface area contributed by atoms with Crippen LogP contribution in [-0.2, 0) is 4.79 Å². The van der Waals surface area contributed by atoms with Gasteiger partial charge in [-0.1, -0.05) is 6.08 Å². The molecule has 25 heavy (non-hydrogen) atoms. The zero-order valence-corrected chi connectivity index (χ0v) is 16.0. The number of carbonyl (C=O) groups is 2. The lowest BCUT2D eigenvalue weighted by molar-refractivity contribution is -0.129. The van der Waals surface area contributed by atoms with Gasteiger partial charge in [0, 0.05) is 37.2 Å². The van der Waals surface area contributed by atoms with Crippen molar-refractivity contribution in [3.8, 4) is 10.9 Å². The average molecular weight is 367 g/mol. The predicted octanol–water partition coefficient (Wildman–Crippen LogP) is 2.19. The molecule has 1 aromatic heterocycles. The van der Waals surface area contributed by atoms with Gasteiger partial charge in [-0.3, -0.25) is 9.59 Å². The molecule has 7 nitrogen and oxygen atoms in total. The number of aromatic nitrogens is 1. The van der Waals surface area contributed by atoms with E-state index in [0.29, 0.717) is 30.3 Å². The molecule has 0 bridgehead atoms. The fourth-order valence-corrected chi connectivity index (χ4v) is 3.78. The van der Waals surface area contributed by atoms with E-state index in [9.17, 15) is 9.59 Å². The van der Waals surface area contributed by atoms with Crippen molar-refractivity contribution in [3.63, 3.8) is 0 Å². The summed E-state index contributed by atoms with van der Waals surface area (Å²) in [5.74, 6) is 0.102. The van der Waals surface area contributed by atoms with Gasteiger partial charge >= 0.3 is 0 Å². The van der Waals surface area contributed by atoms with E-state index in [2.05, 4.69) is 4.37 Å². The molecule has 0 radical (unpaired) electrons. The van der Waals surface area contributed by atoms with E-state index in [0.717, 1.165) is 24.4 Å². The van der Waals surface area contributed by atoms with Crippen LogP contribution in [0.4, 0.5) is 0 Å². The Morgan fingerprint density at radius 2 is 2.16 bits per heavy atom. The summed E-state index contributed by atoms with van der Waals surface area (Å²) >= 11 is 1.10. The molecule has 1 atom stereocenters. The fourth-order valence-electron chi connectivity index (χ4n) is 3.10. The van der Waals surface area contributed by atoms with E-state index in [1.807, 2.05) is 18.7 Å². The van der Waals surface area contributed by atoms with E-state index in [1.165, 1.54) is 14.2 Å². The van der Waals surface area contributed by atoms with Crippen LogP contribution in [0.5, 0.6) is 10.9 Å². The third kappa shape index (κ3) is 4.12. The van der Waals surface area contributed by atoms with Gasteiger partial charge in [-0.05, 0) is 32.8 Å². The Morgan fingerprint density at radius 3 is 2.76 bits per heavy atom. The van der Waals surface area contributed by atoms with Gasteiger partial charge in [-0.25, -0.2) is 0 Å². The molecule has 1 saturated heterocycles. The summed E-state index contributed by atoms with van der Waals surface area (Å²) in [6.07, 6.45) is 5.04. The van der Waals surface area contributed by atoms with E-state index in [1.54, 1.807) is 17.1 Å². The molecule has 2 amide bonds. The molecule has 8 heteroatoms. The second-order valence-corrected chi connectivity index (χ2v) is 6.47. The predicted molar refractivity (Wildman–Crippen MR) is 96.3 cm³/mol. The molecule has 1 unspecified atom stereocenters. The van der Waals surface area contributed by atoms with Crippen LogP contribution in [0.1, 0.15) is 37.0 Å². The van der Waals surface area contributed by atoms with Crippen molar-refractivity contribution in [3.05, 3.63) is 17.7 Å². The van der Waals surface area contributed by atoms with Gasteiger partial charge in [0.15, 0.2) is 5.56 Å². The summed E-state index contributed by atoms with van der Waals surface area (Å²) in [6.45, 7) is 5.54. The lowest BCUT2D eigenvalue weighted by Gasteiger charge is -2.38. The number of methoxy groups -OCH3 is 2. The molecule has 0 aliphatic carbocycles. The van der Waals surface area contributed by atoms with Crippen LogP contribution in [0.3, 0.4) is 0 Å². The zero-order valence-electron chi connectivity index (χ0n) is 15.2.